The van der Waals surface area contributed by atoms with Gasteiger partial charge in [-0.15, -0.1) is 0 Å². The summed E-state index contributed by atoms with van der Waals surface area (Å²) in [5, 5.41) is 0. The highest BCUT2D eigenvalue weighted by Crippen LogP contribution is 2.47. The van der Waals surface area contributed by atoms with Gasteiger partial charge in [-0.05, 0) is 243 Å². The van der Waals surface area contributed by atoms with E-state index in [4.69, 9.17) is 18.9 Å². The molecular weight excluding hydrogens is 1050 g/mol. The van der Waals surface area contributed by atoms with E-state index in [2.05, 4.69) is 76.2 Å². The first-order chi connectivity index (χ1) is 42.0. The van der Waals surface area contributed by atoms with Gasteiger partial charge in [0.1, 0.15) is 0 Å². The molecule has 508 valence electrons. The molecule has 4 heteroatoms. The second kappa shape index (κ2) is 46.0. The SMILES string of the molecule is CCCCC[C@H]1CC[C@H](C2CCC(OC)C(C)C2)CC1.CCCCC[C@H]1CC[C@H](C2CCC(OCC)C(C)C2)CC1.CCCCC[C@H]1CC[C@H](C2CCC(OCCC)C(C)C2)CC1.CCCCC[C@H]1CC[C@H](C2CCC(OCCCC)C(C)C2)CC1. The van der Waals surface area contributed by atoms with Crippen molar-refractivity contribution >= 4 is 0 Å². The summed E-state index contributed by atoms with van der Waals surface area (Å²) in [5.41, 5.74) is 0. The summed E-state index contributed by atoms with van der Waals surface area (Å²) < 4.78 is 23.7. The Morgan fingerprint density at radius 2 is 0.500 bits per heavy atom. The van der Waals surface area contributed by atoms with Crippen molar-refractivity contribution in [3.8, 4) is 0 Å². The third kappa shape index (κ3) is 28.6. The maximum atomic E-state index is 6.14. The predicted molar refractivity (Wildman–Crippen MR) is 375 cm³/mol. The molecule has 8 fully saturated rings. The third-order valence-electron chi connectivity index (χ3n) is 25.7. The monoisotopic (exact) mass is 1210 g/mol. The number of rotatable bonds is 30. The lowest BCUT2D eigenvalue weighted by atomic mass is 9.68. The zero-order chi connectivity index (χ0) is 61.7. The molecule has 86 heavy (non-hydrogen) atoms. The van der Waals surface area contributed by atoms with E-state index in [1.807, 2.05) is 7.11 Å². The molecule has 8 aliphatic carbocycles. The first kappa shape index (κ1) is 76.6. The molecule has 8 rings (SSSR count). The fourth-order valence-electron chi connectivity index (χ4n) is 19.8. The van der Waals surface area contributed by atoms with Crippen LogP contribution in [-0.2, 0) is 18.9 Å². The molecule has 0 spiro atoms. The van der Waals surface area contributed by atoms with Gasteiger partial charge in [0.15, 0.2) is 0 Å². The van der Waals surface area contributed by atoms with E-state index >= 15 is 0 Å². The smallest absolute Gasteiger partial charge is 0.0600 e. The summed E-state index contributed by atoms with van der Waals surface area (Å²) >= 11 is 0. The average Bonchev–Trinajstić information content (AvgIpc) is 3.49. The number of hydrogen-bond acceptors (Lipinski definition) is 4. The molecule has 0 N–H and O–H groups in total. The minimum Gasteiger partial charge on any atom is -0.381 e. The Balaban J connectivity index is 0.000000210. The lowest BCUT2D eigenvalue weighted by molar-refractivity contribution is -0.0286. The molecule has 0 saturated heterocycles. The minimum atomic E-state index is 0.539. The number of ether oxygens (including phenoxy) is 4. The van der Waals surface area contributed by atoms with Crippen molar-refractivity contribution in [3.63, 3.8) is 0 Å². The van der Waals surface area contributed by atoms with E-state index in [0.717, 1.165) is 121 Å². The second-order valence-corrected chi connectivity index (χ2v) is 32.2. The summed E-state index contributed by atoms with van der Waals surface area (Å²) in [5.74, 6) is 15.6. The number of methoxy groups -OCH3 is 1. The topological polar surface area (TPSA) is 36.9 Å². The van der Waals surface area contributed by atoms with Gasteiger partial charge in [-0.1, -0.05) is 230 Å². The normalized spacial score (nSPS) is 37.0. The molecule has 8 aliphatic rings. The van der Waals surface area contributed by atoms with Crippen LogP contribution in [0.15, 0.2) is 0 Å². The molecule has 4 nitrogen and oxygen atoms in total. The first-order valence-corrected chi connectivity index (χ1v) is 40.3. The highest BCUT2D eigenvalue weighted by atomic mass is 16.5. The lowest BCUT2D eigenvalue weighted by Crippen LogP contribution is -2.34. The molecule has 0 bridgehead atoms. The van der Waals surface area contributed by atoms with Gasteiger partial charge in [-0.25, -0.2) is 0 Å². The van der Waals surface area contributed by atoms with Crippen LogP contribution in [0, 0.1) is 94.7 Å². The Labute approximate surface area is 540 Å². The van der Waals surface area contributed by atoms with Crippen molar-refractivity contribution in [3.05, 3.63) is 0 Å². The van der Waals surface area contributed by atoms with Crippen molar-refractivity contribution in [2.45, 2.75) is 402 Å². The molecule has 0 aromatic carbocycles. The largest absolute Gasteiger partial charge is 0.381 e. The molecule has 0 heterocycles. The van der Waals surface area contributed by atoms with Crippen LogP contribution in [-0.4, -0.2) is 51.3 Å². The van der Waals surface area contributed by atoms with Gasteiger partial charge < -0.3 is 18.9 Å². The van der Waals surface area contributed by atoms with Crippen LogP contribution in [0.1, 0.15) is 378 Å². The van der Waals surface area contributed by atoms with Crippen LogP contribution < -0.4 is 0 Å². The van der Waals surface area contributed by atoms with Gasteiger partial charge >= 0.3 is 0 Å². The van der Waals surface area contributed by atoms with Crippen LogP contribution in [0.2, 0.25) is 0 Å². The van der Waals surface area contributed by atoms with E-state index in [0.29, 0.717) is 24.4 Å². The van der Waals surface area contributed by atoms with Gasteiger partial charge in [-0.2, -0.15) is 0 Å². The van der Waals surface area contributed by atoms with E-state index < -0.39 is 0 Å². The lowest BCUT2D eigenvalue weighted by Gasteiger charge is -2.40. The Morgan fingerprint density at radius 1 is 0.244 bits per heavy atom. The fourth-order valence-corrected chi connectivity index (χ4v) is 19.8. The van der Waals surface area contributed by atoms with Crippen molar-refractivity contribution in [2.24, 2.45) is 94.7 Å². The average molecular weight is 1210 g/mol. The zero-order valence-electron chi connectivity index (χ0n) is 60.5. The first-order valence-electron chi connectivity index (χ1n) is 40.3. The van der Waals surface area contributed by atoms with E-state index in [9.17, 15) is 0 Å². The van der Waals surface area contributed by atoms with Crippen LogP contribution in [0.4, 0.5) is 0 Å². The van der Waals surface area contributed by atoms with Crippen molar-refractivity contribution in [2.75, 3.05) is 26.9 Å². The fraction of sp³-hybridized carbons (Fsp3) is 1.00. The Kier molecular flexibility index (Phi) is 41.0. The number of unbranched alkanes of at least 4 members (excludes halogenated alkanes) is 9. The van der Waals surface area contributed by atoms with Crippen molar-refractivity contribution in [1.29, 1.82) is 0 Å². The molecule has 0 aromatic rings. The van der Waals surface area contributed by atoms with Crippen LogP contribution in [0.25, 0.3) is 0 Å². The molecular formula is C82H156O4. The Morgan fingerprint density at radius 3 is 0.744 bits per heavy atom. The summed E-state index contributed by atoms with van der Waals surface area (Å²) in [6, 6.07) is 0. The van der Waals surface area contributed by atoms with Crippen molar-refractivity contribution < 1.29 is 18.9 Å². The maximum absolute atomic E-state index is 6.14. The Bertz CT molecular complexity index is 1550. The van der Waals surface area contributed by atoms with Gasteiger partial charge in [0.2, 0.25) is 0 Å². The summed E-state index contributed by atoms with van der Waals surface area (Å²) in [4.78, 5) is 0. The summed E-state index contributed by atoms with van der Waals surface area (Å²) in [6.07, 6.45) is 70.1. The standard InChI is InChI=1S/C22H42O.C21H40O.C20H38O.C19H36O/c1-4-6-8-9-19-10-12-20(13-11-19)21-14-15-22(18(3)17-21)23-16-7-5-2;1-4-6-7-8-18-9-11-19(12-10-18)20-13-14-21(17(3)16-20)22-15-5-2;1-4-6-7-8-17-9-11-18(12-10-17)19-13-14-20(21-5-2)16(3)15-19;1-4-5-6-7-16-8-10-17(11-9-16)18-12-13-19(20-3)15(2)14-18/h18-22H,4-17H2,1-3H3;17-21H,4-16H2,1-3H3;16-20H,4-15H2,1-3H3;15-19H,4-14H2,1-3H3/t18?,19-,20-,21?,22?;17?,18-,19-,20?,21?;16?,17-,18-,19?,20?;15?,16-,17-,18?,19?. The van der Waals surface area contributed by atoms with Crippen LogP contribution in [0.3, 0.4) is 0 Å². The van der Waals surface area contributed by atoms with Gasteiger partial charge in [0, 0.05) is 26.9 Å². The Hall–Kier alpha value is -0.160. The predicted octanol–water partition coefficient (Wildman–Crippen LogP) is 25.6. The summed E-state index contributed by atoms with van der Waals surface area (Å²) in [7, 11) is 1.89. The molecule has 8 saturated carbocycles. The number of hydrogen-bond donors (Lipinski definition) is 0. The van der Waals surface area contributed by atoms with E-state index in [1.54, 1.807) is 0 Å². The molecule has 12 atom stereocenters. The highest BCUT2D eigenvalue weighted by Gasteiger charge is 2.38. The van der Waals surface area contributed by atoms with Gasteiger partial charge in [0.25, 0.3) is 0 Å². The van der Waals surface area contributed by atoms with Gasteiger partial charge in [-0.3, -0.25) is 0 Å². The molecule has 0 aromatic heterocycles. The highest BCUT2D eigenvalue weighted by molar-refractivity contribution is 4.89. The minimum absolute atomic E-state index is 0.539. The maximum Gasteiger partial charge on any atom is 0.0600 e. The van der Waals surface area contributed by atoms with Crippen LogP contribution >= 0.6 is 0 Å². The zero-order valence-corrected chi connectivity index (χ0v) is 60.5. The van der Waals surface area contributed by atoms with E-state index in [1.165, 1.54) is 295 Å². The van der Waals surface area contributed by atoms with E-state index in [-0.39, 0.29) is 0 Å². The molecule has 0 aliphatic heterocycles. The quantitative estimate of drug-likeness (QED) is 0.0672. The summed E-state index contributed by atoms with van der Waals surface area (Å²) in [6.45, 7) is 28.4. The molecule has 0 radical (unpaired) electrons. The van der Waals surface area contributed by atoms with Crippen molar-refractivity contribution in [1.82, 2.24) is 0 Å². The van der Waals surface area contributed by atoms with Crippen LogP contribution in [0.5, 0.6) is 0 Å². The molecule has 12 unspecified atom stereocenters. The second-order valence-electron chi connectivity index (χ2n) is 32.2. The van der Waals surface area contributed by atoms with Gasteiger partial charge in [0.05, 0.1) is 24.4 Å². The third-order valence-corrected chi connectivity index (χ3v) is 25.7. The molecule has 0 amide bonds.